The van der Waals surface area contributed by atoms with Crippen LogP contribution in [0.4, 0.5) is 19.0 Å². The molecule has 180 valence electrons. The zero-order valence-electron chi connectivity index (χ0n) is 19.2. The zero-order valence-corrected chi connectivity index (χ0v) is 20.0. The molecule has 0 saturated carbocycles. The minimum absolute atomic E-state index is 0. The van der Waals surface area contributed by atoms with E-state index in [1.807, 2.05) is 13.8 Å². The second kappa shape index (κ2) is 10.4. The van der Waals surface area contributed by atoms with Gasteiger partial charge in [0.15, 0.2) is 5.82 Å². The van der Waals surface area contributed by atoms with Crippen molar-refractivity contribution in [2.75, 3.05) is 25.0 Å². The van der Waals surface area contributed by atoms with E-state index in [4.69, 9.17) is 0 Å². The van der Waals surface area contributed by atoms with Crippen molar-refractivity contribution in [3.8, 4) is 11.3 Å². The van der Waals surface area contributed by atoms with Crippen LogP contribution in [0.15, 0.2) is 42.5 Å². The zero-order chi connectivity index (χ0) is 23.7. The minimum Gasteiger partial charge on any atom is -0.355 e. The van der Waals surface area contributed by atoms with Gasteiger partial charge in [0.25, 0.3) is 5.91 Å². The van der Waals surface area contributed by atoms with Crippen LogP contribution in [0.5, 0.6) is 0 Å². The lowest BCUT2D eigenvalue weighted by atomic mass is 10.00. The fourth-order valence-electron chi connectivity index (χ4n) is 4.26. The third kappa shape index (κ3) is 5.01. The van der Waals surface area contributed by atoms with E-state index in [0.29, 0.717) is 25.9 Å². The van der Waals surface area contributed by atoms with Gasteiger partial charge in [0.05, 0.1) is 11.3 Å². The average molecular weight is 491 g/mol. The van der Waals surface area contributed by atoms with Crippen LogP contribution in [0.1, 0.15) is 34.3 Å². The van der Waals surface area contributed by atoms with Gasteiger partial charge in [-0.05, 0) is 74.2 Å². The predicted octanol–water partition coefficient (Wildman–Crippen LogP) is 5.34. The van der Waals surface area contributed by atoms with Gasteiger partial charge in [0.1, 0.15) is 17.5 Å². The number of anilines is 1. The van der Waals surface area contributed by atoms with E-state index in [2.05, 4.69) is 15.1 Å². The first-order chi connectivity index (χ1) is 15.8. The Hall–Kier alpha value is -3.13. The Kier molecular flexibility index (Phi) is 7.82. The standard InChI is InChI=1S/C25H25F3N4O.ClH/c1-15-16(2)24(30-29-23(15)17-4-6-18(26)7-5-17)32-12-10-20(11-13-32)31(3)25(33)21-9-8-19(27)14-22(21)28;/h4-9,14,20H,10-13H2,1-3H3;1H. The Labute approximate surface area is 203 Å². The highest BCUT2D eigenvalue weighted by molar-refractivity contribution is 5.94. The van der Waals surface area contributed by atoms with Gasteiger partial charge < -0.3 is 9.80 Å². The Morgan fingerprint density at radius 1 is 0.941 bits per heavy atom. The lowest BCUT2D eigenvalue weighted by molar-refractivity contribution is 0.0704. The first-order valence-corrected chi connectivity index (χ1v) is 10.8. The molecule has 1 aromatic heterocycles. The van der Waals surface area contributed by atoms with E-state index in [9.17, 15) is 18.0 Å². The molecular weight excluding hydrogens is 465 g/mol. The van der Waals surface area contributed by atoms with Gasteiger partial charge in [-0.25, -0.2) is 13.2 Å². The summed E-state index contributed by atoms with van der Waals surface area (Å²) in [5.74, 6) is -1.54. The van der Waals surface area contributed by atoms with Gasteiger partial charge in [-0.1, -0.05) is 0 Å². The molecule has 3 aromatic rings. The van der Waals surface area contributed by atoms with Gasteiger partial charge in [-0.2, -0.15) is 0 Å². The average Bonchev–Trinajstić information content (AvgIpc) is 2.81. The SMILES string of the molecule is Cc1c(-c2ccc(F)cc2)nnc(N2CCC(N(C)C(=O)c3ccc(F)cc3F)CC2)c1C.Cl. The summed E-state index contributed by atoms with van der Waals surface area (Å²) in [6, 6.07) is 9.12. The Balaban J connectivity index is 0.00000324. The summed E-state index contributed by atoms with van der Waals surface area (Å²) < 4.78 is 40.5. The number of hydrogen-bond donors (Lipinski definition) is 0. The molecular formula is C25H26ClF3N4O. The van der Waals surface area contributed by atoms with Gasteiger partial charge in [-0.3, -0.25) is 4.79 Å². The van der Waals surface area contributed by atoms with Crippen LogP contribution in [-0.2, 0) is 0 Å². The number of piperidine rings is 1. The van der Waals surface area contributed by atoms with Crippen molar-refractivity contribution in [1.29, 1.82) is 0 Å². The molecule has 5 nitrogen and oxygen atoms in total. The van der Waals surface area contributed by atoms with Crippen LogP contribution >= 0.6 is 12.4 Å². The number of nitrogens with zero attached hydrogens (tertiary/aromatic N) is 4. The fourth-order valence-corrected chi connectivity index (χ4v) is 4.26. The van der Waals surface area contributed by atoms with E-state index in [1.54, 1.807) is 19.2 Å². The second-order valence-electron chi connectivity index (χ2n) is 8.39. The van der Waals surface area contributed by atoms with E-state index in [1.165, 1.54) is 23.1 Å². The molecule has 4 rings (SSSR count). The van der Waals surface area contributed by atoms with Crippen LogP contribution in [0, 0.1) is 31.3 Å². The van der Waals surface area contributed by atoms with Gasteiger partial charge in [-0.15, -0.1) is 22.6 Å². The Bertz CT molecular complexity index is 1180. The molecule has 1 aliphatic heterocycles. The topological polar surface area (TPSA) is 49.3 Å². The summed E-state index contributed by atoms with van der Waals surface area (Å²) in [7, 11) is 1.65. The molecule has 1 saturated heterocycles. The maximum absolute atomic E-state index is 14.0. The van der Waals surface area contributed by atoms with Crippen molar-refractivity contribution in [3.05, 3.63) is 76.6 Å². The molecule has 9 heteroatoms. The largest absolute Gasteiger partial charge is 0.355 e. The summed E-state index contributed by atoms with van der Waals surface area (Å²) in [5, 5.41) is 8.85. The maximum atomic E-state index is 14.0. The van der Waals surface area contributed by atoms with Gasteiger partial charge in [0, 0.05) is 37.8 Å². The van der Waals surface area contributed by atoms with Crippen LogP contribution < -0.4 is 4.90 Å². The van der Waals surface area contributed by atoms with Crippen molar-refractivity contribution in [1.82, 2.24) is 15.1 Å². The third-order valence-electron chi connectivity index (χ3n) is 6.41. The molecule has 2 aromatic carbocycles. The van der Waals surface area contributed by atoms with Crippen molar-refractivity contribution in [2.45, 2.75) is 32.7 Å². The summed E-state index contributed by atoms with van der Waals surface area (Å²) in [4.78, 5) is 16.4. The summed E-state index contributed by atoms with van der Waals surface area (Å²) >= 11 is 0. The van der Waals surface area contributed by atoms with Crippen LogP contribution in [0.2, 0.25) is 0 Å². The normalized spacial score (nSPS) is 14.0. The Morgan fingerprint density at radius 2 is 1.56 bits per heavy atom. The van der Waals surface area contributed by atoms with Crippen LogP contribution in [0.25, 0.3) is 11.3 Å². The van der Waals surface area contributed by atoms with E-state index < -0.39 is 17.5 Å². The number of carbonyl (C=O) groups is 1. The molecule has 0 N–H and O–H groups in total. The highest BCUT2D eigenvalue weighted by Crippen LogP contribution is 2.30. The third-order valence-corrected chi connectivity index (χ3v) is 6.41. The minimum atomic E-state index is -0.855. The number of carbonyl (C=O) groups excluding carboxylic acids is 1. The van der Waals surface area contributed by atoms with E-state index in [0.717, 1.165) is 40.3 Å². The number of hydrogen-bond acceptors (Lipinski definition) is 4. The fraction of sp³-hybridized carbons (Fsp3) is 0.320. The number of amides is 1. The lowest BCUT2D eigenvalue weighted by Gasteiger charge is -2.37. The molecule has 1 fully saturated rings. The van der Waals surface area contributed by atoms with Crippen LogP contribution in [-0.4, -0.2) is 47.2 Å². The van der Waals surface area contributed by atoms with Crippen molar-refractivity contribution >= 4 is 24.1 Å². The van der Waals surface area contributed by atoms with Crippen molar-refractivity contribution in [3.63, 3.8) is 0 Å². The van der Waals surface area contributed by atoms with Gasteiger partial charge in [0.2, 0.25) is 0 Å². The smallest absolute Gasteiger partial charge is 0.256 e. The van der Waals surface area contributed by atoms with E-state index >= 15 is 0 Å². The monoisotopic (exact) mass is 490 g/mol. The molecule has 0 radical (unpaired) electrons. The number of aromatic nitrogens is 2. The quantitative estimate of drug-likeness (QED) is 0.495. The maximum Gasteiger partial charge on any atom is 0.256 e. The van der Waals surface area contributed by atoms with Crippen molar-refractivity contribution < 1.29 is 18.0 Å². The van der Waals surface area contributed by atoms with E-state index in [-0.39, 0.29) is 29.8 Å². The highest BCUT2D eigenvalue weighted by Gasteiger charge is 2.29. The highest BCUT2D eigenvalue weighted by atomic mass is 35.5. The number of halogens is 4. The summed E-state index contributed by atoms with van der Waals surface area (Å²) in [5.41, 5.74) is 3.38. The molecule has 0 bridgehead atoms. The first-order valence-electron chi connectivity index (χ1n) is 10.8. The van der Waals surface area contributed by atoms with Crippen molar-refractivity contribution in [2.24, 2.45) is 0 Å². The molecule has 0 unspecified atom stereocenters. The molecule has 1 aliphatic rings. The summed E-state index contributed by atoms with van der Waals surface area (Å²) in [6.07, 6.45) is 1.37. The summed E-state index contributed by atoms with van der Waals surface area (Å²) in [6.45, 7) is 5.30. The molecule has 1 amide bonds. The molecule has 2 heterocycles. The Morgan fingerprint density at radius 3 is 2.18 bits per heavy atom. The number of benzene rings is 2. The predicted molar refractivity (Wildman–Crippen MR) is 128 cm³/mol. The van der Waals surface area contributed by atoms with Gasteiger partial charge >= 0.3 is 0 Å². The number of rotatable bonds is 4. The molecule has 0 aliphatic carbocycles. The lowest BCUT2D eigenvalue weighted by Crippen LogP contribution is -2.46. The second-order valence-corrected chi connectivity index (χ2v) is 8.39. The van der Waals surface area contributed by atoms with Crippen LogP contribution in [0.3, 0.4) is 0 Å². The molecule has 34 heavy (non-hydrogen) atoms. The molecule has 0 atom stereocenters. The molecule has 0 spiro atoms. The first kappa shape index (κ1) is 25.5.